The van der Waals surface area contributed by atoms with Gasteiger partial charge in [-0.25, -0.2) is 4.79 Å². The Bertz CT molecular complexity index is 507. The van der Waals surface area contributed by atoms with Crippen LogP contribution in [0.2, 0.25) is 0 Å². The molecule has 0 radical (unpaired) electrons. The number of hydrogen-bond acceptors (Lipinski definition) is 4. The third kappa shape index (κ3) is 3.16. The molecule has 1 N–H and O–H groups in total. The molecule has 0 aromatic carbocycles. The number of esters is 1. The van der Waals surface area contributed by atoms with E-state index in [1.165, 1.54) is 7.11 Å². The van der Waals surface area contributed by atoms with Gasteiger partial charge >= 0.3 is 5.97 Å². The van der Waals surface area contributed by atoms with Crippen LogP contribution in [0.25, 0.3) is 0 Å². The smallest absolute Gasteiger partial charge is 0.338 e. The Balaban J connectivity index is 0.00000180. The van der Waals surface area contributed by atoms with Gasteiger partial charge in [-0.05, 0) is 38.9 Å². The second-order valence-electron chi connectivity index (χ2n) is 4.54. The first-order valence-electron chi connectivity index (χ1n) is 6.16. The minimum absolute atomic E-state index is 0. The van der Waals surface area contributed by atoms with Crippen LogP contribution in [-0.2, 0) is 4.74 Å². The van der Waals surface area contributed by atoms with Gasteiger partial charge < -0.3 is 14.6 Å². The quantitative estimate of drug-likeness (QED) is 0.832. The molecule has 0 saturated carbocycles. The van der Waals surface area contributed by atoms with Crippen LogP contribution in [0, 0.1) is 6.92 Å². The summed E-state index contributed by atoms with van der Waals surface area (Å²) < 4.78 is 6.40. The van der Waals surface area contributed by atoms with E-state index in [9.17, 15) is 9.59 Å². The summed E-state index contributed by atoms with van der Waals surface area (Å²) in [6, 6.07) is 1.90. The van der Waals surface area contributed by atoms with Crippen molar-refractivity contribution in [1.82, 2.24) is 9.88 Å². The molecule has 19 heavy (non-hydrogen) atoms. The fourth-order valence-corrected chi connectivity index (χ4v) is 2.36. The molecular weight excluding hydrogens is 268 g/mol. The average Bonchev–Trinajstić information content (AvgIpc) is 2.42. The number of nitrogens with one attached hydrogen (secondary N) is 1. The van der Waals surface area contributed by atoms with E-state index in [0.29, 0.717) is 11.1 Å². The molecule has 1 aromatic heterocycles. The number of pyridine rings is 1. The number of hydrogen-bond donors (Lipinski definition) is 1. The molecule has 5 nitrogen and oxygen atoms in total. The fraction of sp³-hybridized carbons (Fsp3) is 0.538. The lowest BCUT2D eigenvalue weighted by molar-refractivity contribution is 0.0599. The maximum absolute atomic E-state index is 12.2. The molecule has 0 bridgehead atoms. The van der Waals surface area contributed by atoms with Crippen molar-refractivity contribution >= 4 is 18.4 Å². The van der Waals surface area contributed by atoms with Crippen molar-refractivity contribution in [3.05, 3.63) is 33.7 Å². The van der Waals surface area contributed by atoms with Crippen LogP contribution in [0.5, 0.6) is 0 Å². The number of nitrogens with zero attached hydrogens (tertiary/aromatic N) is 1. The van der Waals surface area contributed by atoms with Crippen LogP contribution in [0.4, 0.5) is 0 Å². The molecule has 0 atom stereocenters. The van der Waals surface area contributed by atoms with Gasteiger partial charge in [0, 0.05) is 17.8 Å². The highest BCUT2D eigenvalue weighted by atomic mass is 35.5. The van der Waals surface area contributed by atoms with Gasteiger partial charge in [0.25, 0.3) is 5.56 Å². The summed E-state index contributed by atoms with van der Waals surface area (Å²) in [4.78, 5) is 23.7. The van der Waals surface area contributed by atoms with Gasteiger partial charge in [0.15, 0.2) is 0 Å². The van der Waals surface area contributed by atoms with Crippen molar-refractivity contribution in [2.45, 2.75) is 25.8 Å². The SMILES string of the molecule is COC(=O)c1ccn(C2CCNCC2)c(=O)c1C.Cl. The van der Waals surface area contributed by atoms with Crippen molar-refractivity contribution < 1.29 is 9.53 Å². The molecule has 0 amide bonds. The fourth-order valence-electron chi connectivity index (χ4n) is 2.36. The minimum Gasteiger partial charge on any atom is -0.465 e. The van der Waals surface area contributed by atoms with E-state index >= 15 is 0 Å². The Morgan fingerprint density at radius 2 is 2.05 bits per heavy atom. The van der Waals surface area contributed by atoms with E-state index in [-0.39, 0.29) is 24.0 Å². The highest BCUT2D eigenvalue weighted by Gasteiger charge is 2.19. The molecule has 1 aromatic rings. The van der Waals surface area contributed by atoms with E-state index in [1.54, 1.807) is 23.8 Å². The van der Waals surface area contributed by atoms with Crippen LogP contribution >= 0.6 is 12.4 Å². The van der Waals surface area contributed by atoms with Gasteiger partial charge in [0.1, 0.15) is 0 Å². The highest BCUT2D eigenvalue weighted by molar-refractivity contribution is 5.90. The second kappa shape index (κ2) is 6.73. The first-order chi connectivity index (χ1) is 8.65. The maximum atomic E-state index is 12.2. The first-order valence-corrected chi connectivity index (χ1v) is 6.16. The van der Waals surface area contributed by atoms with Gasteiger partial charge in [-0.3, -0.25) is 4.79 Å². The van der Waals surface area contributed by atoms with Gasteiger partial charge in [0.05, 0.1) is 12.7 Å². The Morgan fingerprint density at radius 3 is 2.63 bits per heavy atom. The van der Waals surface area contributed by atoms with Crippen molar-refractivity contribution in [2.24, 2.45) is 0 Å². The Hall–Kier alpha value is -1.33. The maximum Gasteiger partial charge on any atom is 0.338 e. The largest absolute Gasteiger partial charge is 0.465 e. The molecule has 106 valence electrons. The van der Waals surface area contributed by atoms with E-state index in [4.69, 9.17) is 0 Å². The zero-order valence-corrected chi connectivity index (χ0v) is 12.0. The van der Waals surface area contributed by atoms with E-state index in [1.807, 2.05) is 0 Å². The lowest BCUT2D eigenvalue weighted by atomic mass is 10.1. The monoisotopic (exact) mass is 286 g/mol. The summed E-state index contributed by atoms with van der Waals surface area (Å²) in [5, 5.41) is 3.27. The molecule has 0 spiro atoms. The summed E-state index contributed by atoms with van der Waals surface area (Å²) in [6.45, 7) is 3.52. The molecule has 2 rings (SSSR count). The Kier molecular flexibility index (Phi) is 5.57. The molecule has 2 heterocycles. The number of rotatable bonds is 2. The zero-order chi connectivity index (χ0) is 13.1. The van der Waals surface area contributed by atoms with Crippen molar-refractivity contribution in [1.29, 1.82) is 0 Å². The molecule has 1 aliphatic heterocycles. The zero-order valence-electron chi connectivity index (χ0n) is 11.1. The van der Waals surface area contributed by atoms with Gasteiger partial charge in [-0.15, -0.1) is 12.4 Å². The topological polar surface area (TPSA) is 60.3 Å². The number of halogens is 1. The number of piperidine rings is 1. The molecule has 1 saturated heterocycles. The summed E-state index contributed by atoms with van der Waals surface area (Å²) in [7, 11) is 1.32. The van der Waals surface area contributed by atoms with E-state index in [0.717, 1.165) is 25.9 Å². The van der Waals surface area contributed by atoms with Crippen LogP contribution in [-0.4, -0.2) is 30.7 Å². The number of ether oxygens (including phenoxy) is 1. The van der Waals surface area contributed by atoms with Gasteiger partial charge in [-0.1, -0.05) is 0 Å². The number of aromatic nitrogens is 1. The number of carbonyl (C=O) groups excluding carboxylic acids is 1. The van der Waals surface area contributed by atoms with Crippen molar-refractivity contribution in [3.8, 4) is 0 Å². The van der Waals surface area contributed by atoms with Crippen LogP contribution in [0.15, 0.2) is 17.1 Å². The lowest BCUT2D eigenvalue weighted by Crippen LogP contribution is -2.35. The minimum atomic E-state index is -0.456. The van der Waals surface area contributed by atoms with E-state index in [2.05, 4.69) is 10.1 Å². The van der Waals surface area contributed by atoms with Gasteiger partial charge in [0.2, 0.25) is 0 Å². The molecule has 6 heteroatoms. The normalized spacial score (nSPS) is 15.7. The van der Waals surface area contributed by atoms with Crippen LogP contribution in [0.3, 0.4) is 0 Å². The molecule has 0 aliphatic carbocycles. The summed E-state index contributed by atoms with van der Waals surface area (Å²) >= 11 is 0. The second-order valence-corrected chi connectivity index (χ2v) is 4.54. The van der Waals surface area contributed by atoms with E-state index < -0.39 is 5.97 Å². The van der Waals surface area contributed by atoms with Crippen LogP contribution in [0.1, 0.15) is 34.8 Å². The standard InChI is InChI=1S/C13H18N2O3.ClH/c1-9-11(13(17)18-2)5-8-15(12(9)16)10-3-6-14-7-4-10;/h5,8,10,14H,3-4,6-7H2,1-2H3;1H. The predicted molar refractivity (Wildman–Crippen MR) is 75.2 cm³/mol. The molecule has 1 fully saturated rings. The van der Waals surface area contributed by atoms with Crippen molar-refractivity contribution in [3.63, 3.8) is 0 Å². The Labute approximate surface area is 118 Å². The summed E-state index contributed by atoms with van der Waals surface area (Å²) in [5.74, 6) is -0.456. The van der Waals surface area contributed by atoms with Crippen LogP contribution < -0.4 is 10.9 Å². The van der Waals surface area contributed by atoms with Crippen molar-refractivity contribution in [2.75, 3.05) is 20.2 Å². The summed E-state index contributed by atoms with van der Waals surface area (Å²) in [5.41, 5.74) is 0.723. The third-order valence-corrected chi connectivity index (χ3v) is 3.47. The predicted octanol–water partition coefficient (Wildman–Crippen LogP) is 1.29. The first kappa shape index (κ1) is 15.7. The third-order valence-electron chi connectivity index (χ3n) is 3.47. The average molecular weight is 287 g/mol. The summed E-state index contributed by atoms with van der Waals surface area (Å²) in [6.07, 6.45) is 3.59. The molecule has 1 aliphatic rings. The number of carbonyl (C=O) groups is 1. The lowest BCUT2D eigenvalue weighted by Gasteiger charge is -2.25. The Morgan fingerprint density at radius 1 is 1.42 bits per heavy atom. The molecule has 0 unspecified atom stereocenters. The van der Waals surface area contributed by atoms with Gasteiger partial charge in [-0.2, -0.15) is 0 Å². The number of methoxy groups -OCH3 is 1. The highest BCUT2D eigenvalue weighted by Crippen LogP contribution is 2.17. The molecular formula is C13H19ClN2O3.